The van der Waals surface area contributed by atoms with Crippen molar-refractivity contribution in [3.05, 3.63) is 28.3 Å². The molecule has 0 amide bonds. The van der Waals surface area contributed by atoms with Gasteiger partial charge in [-0.2, -0.15) is 0 Å². The van der Waals surface area contributed by atoms with Gasteiger partial charge in [0.05, 0.1) is 29.9 Å². The van der Waals surface area contributed by atoms with E-state index in [0.29, 0.717) is 25.5 Å². The molecular weight excluding hydrogens is 326 g/mol. The van der Waals surface area contributed by atoms with E-state index in [-0.39, 0.29) is 12.3 Å². The van der Waals surface area contributed by atoms with Crippen LogP contribution in [0.25, 0.3) is 0 Å². The zero-order chi connectivity index (χ0) is 17.6. The van der Waals surface area contributed by atoms with E-state index in [1.807, 2.05) is 0 Å². The summed E-state index contributed by atoms with van der Waals surface area (Å²) >= 11 is 0. The van der Waals surface area contributed by atoms with Crippen LogP contribution in [0.15, 0.2) is 18.2 Å². The number of β-amino-alcohol motifs (C(OH)–C–C–N with tert-alkyl or cyclic N) is 1. The summed E-state index contributed by atoms with van der Waals surface area (Å²) in [4.78, 5) is 14.9. The molecule has 0 bridgehead atoms. The number of non-ortho nitro benzene ring substituents is 1. The van der Waals surface area contributed by atoms with Crippen LogP contribution in [0.2, 0.25) is 0 Å². The lowest BCUT2D eigenvalue weighted by molar-refractivity contribution is -0.384. The maximum absolute atomic E-state index is 11.1. The van der Waals surface area contributed by atoms with E-state index in [1.165, 1.54) is 12.1 Å². The van der Waals surface area contributed by atoms with Gasteiger partial charge in [0.1, 0.15) is 18.5 Å². The predicted octanol–water partition coefficient (Wildman–Crippen LogP) is 1.27. The summed E-state index contributed by atoms with van der Waals surface area (Å²) in [6.07, 6.45) is 1.57. The fourth-order valence-electron chi connectivity index (χ4n) is 3.27. The van der Waals surface area contributed by atoms with Crippen LogP contribution in [0.5, 0.6) is 5.75 Å². The van der Waals surface area contributed by atoms with Crippen molar-refractivity contribution in [2.24, 2.45) is 0 Å². The van der Waals surface area contributed by atoms with Gasteiger partial charge in [-0.1, -0.05) is 0 Å². The Labute approximate surface area is 147 Å². The van der Waals surface area contributed by atoms with Crippen LogP contribution in [-0.2, 0) is 4.74 Å². The molecule has 2 fully saturated rings. The summed E-state index contributed by atoms with van der Waals surface area (Å²) in [5, 5.41) is 21.3. The molecule has 25 heavy (non-hydrogen) atoms. The van der Waals surface area contributed by atoms with Crippen LogP contribution in [0.3, 0.4) is 0 Å². The molecule has 2 aliphatic rings. The van der Waals surface area contributed by atoms with Gasteiger partial charge in [0, 0.05) is 38.8 Å². The number of nitro benzene ring substituents is 1. The van der Waals surface area contributed by atoms with E-state index in [1.54, 1.807) is 6.07 Å². The quantitative estimate of drug-likeness (QED) is 0.584. The average Bonchev–Trinajstić information content (AvgIpc) is 3.15. The molecule has 0 radical (unpaired) electrons. The minimum atomic E-state index is -0.649. The first-order valence-electron chi connectivity index (χ1n) is 8.78. The number of anilines is 1. The van der Waals surface area contributed by atoms with Crippen molar-refractivity contribution in [3.8, 4) is 5.75 Å². The minimum absolute atomic E-state index is 0.000570. The molecule has 1 atom stereocenters. The average molecular weight is 351 g/mol. The Kier molecular flexibility index (Phi) is 6.06. The standard InChI is InChI=1S/C17H25N3O5/c21-15(12-18-7-9-24-10-8-18)13-25-17-11-14(20(22)23)3-4-16(17)19-5-1-2-6-19/h3-4,11,15,21H,1-2,5-10,12-13H2. The van der Waals surface area contributed by atoms with Crippen molar-refractivity contribution in [1.29, 1.82) is 0 Å². The van der Waals surface area contributed by atoms with Crippen LogP contribution < -0.4 is 9.64 Å². The molecule has 3 rings (SSSR count). The molecule has 0 spiro atoms. The second-order valence-corrected chi connectivity index (χ2v) is 6.48. The molecule has 1 N–H and O–H groups in total. The van der Waals surface area contributed by atoms with Gasteiger partial charge in [-0.05, 0) is 18.9 Å². The Balaban J connectivity index is 1.64. The first-order valence-corrected chi connectivity index (χ1v) is 8.78. The van der Waals surface area contributed by atoms with Gasteiger partial charge in [0.15, 0.2) is 0 Å². The lowest BCUT2D eigenvalue weighted by Crippen LogP contribution is -2.42. The Morgan fingerprint density at radius 1 is 1.24 bits per heavy atom. The molecule has 0 aliphatic carbocycles. The van der Waals surface area contributed by atoms with Crippen LogP contribution in [-0.4, -0.2) is 73.6 Å². The molecule has 2 heterocycles. The van der Waals surface area contributed by atoms with Crippen LogP contribution >= 0.6 is 0 Å². The number of benzene rings is 1. The van der Waals surface area contributed by atoms with Crippen molar-refractivity contribution in [1.82, 2.24) is 4.90 Å². The zero-order valence-electron chi connectivity index (χ0n) is 14.3. The highest BCUT2D eigenvalue weighted by Crippen LogP contribution is 2.34. The third kappa shape index (κ3) is 4.81. The fraction of sp³-hybridized carbons (Fsp3) is 0.647. The summed E-state index contributed by atoms with van der Waals surface area (Å²) in [5.74, 6) is 0.470. The number of hydrogen-bond acceptors (Lipinski definition) is 7. The van der Waals surface area contributed by atoms with E-state index in [4.69, 9.17) is 9.47 Å². The SMILES string of the molecule is O=[N+]([O-])c1ccc(N2CCCC2)c(OCC(O)CN2CCOCC2)c1. The number of rotatable bonds is 7. The number of nitro groups is 1. The number of aliphatic hydroxyl groups is 1. The van der Waals surface area contributed by atoms with E-state index in [9.17, 15) is 15.2 Å². The highest BCUT2D eigenvalue weighted by atomic mass is 16.6. The molecule has 138 valence electrons. The Morgan fingerprint density at radius 2 is 1.96 bits per heavy atom. The minimum Gasteiger partial charge on any atom is -0.488 e. The normalized spacial score (nSPS) is 19.8. The third-order valence-corrected chi connectivity index (χ3v) is 4.60. The molecule has 2 aliphatic heterocycles. The molecule has 2 saturated heterocycles. The van der Waals surface area contributed by atoms with Gasteiger partial charge in [0.2, 0.25) is 0 Å². The van der Waals surface area contributed by atoms with Crippen molar-refractivity contribution in [2.45, 2.75) is 18.9 Å². The largest absolute Gasteiger partial charge is 0.488 e. The maximum atomic E-state index is 11.1. The van der Waals surface area contributed by atoms with Crippen molar-refractivity contribution < 1.29 is 19.5 Å². The topological polar surface area (TPSA) is 88.3 Å². The Morgan fingerprint density at radius 3 is 2.64 bits per heavy atom. The summed E-state index contributed by atoms with van der Waals surface area (Å²) in [6, 6.07) is 4.70. The number of hydrogen-bond donors (Lipinski definition) is 1. The number of ether oxygens (including phenoxy) is 2. The lowest BCUT2D eigenvalue weighted by Gasteiger charge is -2.28. The number of aliphatic hydroxyl groups excluding tert-OH is 1. The van der Waals surface area contributed by atoms with Crippen molar-refractivity contribution in [3.63, 3.8) is 0 Å². The molecular formula is C17H25N3O5. The van der Waals surface area contributed by atoms with E-state index in [2.05, 4.69) is 9.80 Å². The molecule has 1 aromatic rings. The summed E-state index contributed by atoms with van der Waals surface area (Å²) < 4.78 is 11.1. The van der Waals surface area contributed by atoms with Gasteiger partial charge in [0.25, 0.3) is 5.69 Å². The number of morpholine rings is 1. The van der Waals surface area contributed by atoms with Gasteiger partial charge < -0.3 is 19.5 Å². The first-order chi connectivity index (χ1) is 12.1. The van der Waals surface area contributed by atoms with Gasteiger partial charge in [-0.15, -0.1) is 0 Å². The monoisotopic (exact) mass is 351 g/mol. The summed E-state index contributed by atoms with van der Waals surface area (Å²) in [6.45, 7) is 5.42. The fourth-order valence-corrected chi connectivity index (χ4v) is 3.27. The summed E-state index contributed by atoms with van der Waals surface area (Å²) in [5.41, 5.74) is 0.863. The van der Waals surface area contributed by atoms with Crippen molar-refractivity contribution in [2.75, 3.05) is 57.4 Å². The highest BCUT2D eigenvalue weighted by molar-refractivity contribution is 5.62. The van der Waals surface area contributed by atoms with Crippen LogP contribution in [0.4, 0.5) is 11.4 Å². The molecule has 0 aromatic heterocycles. The van der Waals surface area contributed by atoms with E-state index >= 15 is 0 Å². The smallest absolute Gasteiger partial charge is 0.273 e. The van der Waals surface area contributed by atoms with Crippen molar-refractivity contribution >= 4 is 11.4 Å². The maximum Gasteiger partial charge on any atom is 0.273 e. The molecule has 8 heteroatoms. The van der Waals surface area contributed by atoms with Crippen LogP contribution in [0.1, 0.15) is 12.8 Å². The van der Waals surface area contributed by atoms with Gasteiger partial charge >= 0.3 is 0 Å². The lowest BCUT2D eigenvalue weighted by atomic mass is 10.2. The Bertz CT molecular complexity index is 586. The number of nitrogens with zero attached hydrogens (tertiary/aromatic N) is 3. The molecule has 1 unspecified atom stereocenters. The second kappa shape index (κ2) is 8.46. The van der Waals surface area contributed by atoms with E-state index in [0.717, 1.165) is 44.7 Å². The highest BCUT2D eigenvalue weighted by Gasteiger charge is 2.21. The third-order valence-electron chi connectivity index (χ3n) is 4.60. The first kappa shape index (κ1) is 17.9. The Hall–Kier alpha value is -1.90. The predicted molar refractivity (Wildman–Crippen MR) is 93.3 cm³/mol. The second-order valence-electron chi connectivity index (χ2n) is 6.48. The van der Waals surface area contributed by atoms with Crippen LogP contribution in [0, 0.1) is 10.1 Å². The zero-order valence-corrected chi connectivity index (χ0v) is 14.3. The van der Waals surface area contributed by atoms with E-state index < -0.39 is 11.0 Å². The molecule has 8 nitrogen and oxygen atoms in total. The summed E-state index contributed by atoms with van der Waals surface area (Å²) in [7, 11) is 0. The van der Waals surface area contributed by atoms with Gasteiger partial charge in [-0.3, -0.25) is 15.0 Å². The molecule has 1 aromatic carbocycles. The van der Waals surface area contributed by atoms with Gasteiger partial charge in [-0.25, -0.2) is 0 Å². The molecule has 0 saturated carbocycles.